The molecule has 6 nitrogen and oxygen atoms in total. The van der Waals surface area contributed by atoms with Crippen LogP contribution in [-0.4, -0.2) is 39.5 Å². The molecule has 0 aliphatic carbocycles. The SMILES string of the molecule is CC(C)CN=C(NN)NCCCS(C)(=O)=O. The summed E-state index contributed by atoms with van der Waals surface area (Å²) >= 11 is 0. The topological polar surface area (TPSA) is 96.6 Å². The number of aliphatic imine (C=N–C) groups is 1. The number of rotatable bonds is 6. The van der Waals surface area contributed by atoms with Crippen molar-refractivity contribution in [2.24, 2.45) is 16.8 Å². The summed E-state index contributed by atoms with van der Waals surface area (Å²) < 4.78 is 21.7. The summed E-state index contributed by atoms with van der Waals surface area (Å²) in [6, 6.07) is 0. The quantitative estimate of drug-likeness (QED) is 0.194. The number of nitrogens with two attached hydrogens (primary N) is 1. The van der Waals surface area contributed by atoms with E-state index < -0.39 is 9.84 Å². The van der Waals surface area contributed by atoms with Crippen LogP contribution in [0, 0.1) is 5.92 Å². The zero-order valence-corrected chi connectivity index (χ0v) is 11.0. The number of hydrazine groups is 1. The molecule has 0 aliphatic heterocycles. The van der Waals surface area contributed by atoms with E-state index in [1.54, 1.807) is 0 Å². The lowest BCUT2D eigenvalue weighted by molar-refractivity contribution is 0.598. The third kappa shape index (κ3) is 9.72. The molecule has 0 unspecified atom stereocenters. The zero-order chi connectivity index (χ0) is 12.6. The molecule has 0 saturated heterocycles. The van der Waals surface area contributed by atoms with Crippen LogP contribution in [0.5, 0.6) is 0 Å². The van der Waals surface area contributed by atoms with Crippen molar-refractivity contribution >= 4 is 15.8 Å². The highest BCUT2D eigenvalue weighted by Crippen LogP contribution is 1.91. The maximum Gasteiger partial charge on any atom is 0.205 e. The van der Waals surface area contributed by atoms with Gasteiger partial charge in [-0.05, 0) is 12.3 Å². The van der Waals surface area contributed by atoms with Crippen molar-refractivity contribution in [2.75, 3.05) is 25.1 Å². The van der Waals surface area contributed by atoms with Gasteiger partial charge in [0.1, 0.15) is 9.84 Å². The Morgan fingerprint density at radius 2 is 2.06 bits per heavy atom. The molecule has 0 radical (unpaired) electrons. The van der Waals surface area contributed by atoms with Crippen LogP contribution in [0.4, 0.5) is 0 Å². The van der Waals surface area contributed by atoms with Gasteiger partial charge in [0.15, 0.2) is 0 Å². The van der Waals surface area contributed by atoms with Crippen molar-refractivity contribution in [1.29, 1.82) is 0 Å². The van der Waals surface area contributed by atoms with E-state index in [-0.39, 0.29) is 5.75 Å². The van der Waals surface area contributed by atoms with E-state index in [9.17, 15) is 8.42 Å². The maximum atomic E-state index is 10.9. The molecule has 0 bridgehead atoms. The van der Waals surface area contributed by atoms with Gasteiger partial charge in [0.25, 0.3) is 0 Å². The van der Waals surface area contributed by atoms with Crippen LogP contribution in [-0.2, 0) is 9.84 Å². The Morgan fingerprint density at radius 3 is 2.50 bits per heavy atom. The van der Waals surface area contributed by atoms with E-state index >= 15 is 0 Å². The number of nitrogens with zero attached hydrogens (tertiary/aromatic N) is 1. The van der Waals surface area contributed by atoms with Crippen LogP contribution >= 0.6 is 0 Å². The Kier molecular flexibility index (Phi) is 7.07. The third-order valence-corrected chi connectivity index (χ3v) is 2.77. The monoisotopic (exact) mass is 250 g/mol. The fourth-order valence-corrected chi connectivity index (χ4v) is 1.64. The van der Waals surface area contributed by atoms with Gasteiger partial charge in [-0.2, -0.15) is 0 Å². The van der Waals surface area contributed by atoms with E-state index in [1.165, 1.54) is 6.26 Å². The molecule has 0 amide bonds. The number of hydrogen-bond donors (Lipinski definition) is 3. The maximum absolute atomic E-state index is 10.9. The van der Waals surface area contributed by atoms with Gasteiger partial charge in [-0.15, -0.1) is 0 Å². The number of guanidine groups is 1. The smallest absolute Gasteiger partial charge is 0.205 e. The number of nitrogens with one attached hydrogen (secondary N) is 2. The molecule has 0 aromatic heterocycles. The first kappa shape index (κ1) is 15.2. The highest BCUT2D eigenvalue weighted by molar-refractivity contribution is 7.90. The fourth-order valence-electron chi connectivity index (χ4n) is 0.968. The average molecular weight is 250 g/mol. The summed E-state index contributed by atoms with van der Waals surface area (Å²) in [7, 11) is -2.89. The first-order valence-electron chi connectivity index (χ1n) is 5.28. The van der Waals surface area contributed by atoms with Crippen LogP contribution < -0.4 is 16.6 Å². The van der Waals surface area contributed by atoms with Gasteiger partial charge in [-0.3, -0.25) is 10.4 Å². The summed E-state index contributed by atoms with van der Waals surface area (Å²) in [5.74, 6) is 6.40. The van der Waals surface area contributed by atoms with Crippen molar-refractivity contribution in [3.05, 3.63) is 0 Å². The Balaban J connectivity index is 3.84. The molecule has 4 N–H and O–H groups in total. The molecule has 16 heavy (non-hydrogen) atoms. The van der Waals surface area contributed by atoms with Crippen molar-refractivity contribution < 1.29 is 8.42 Å². The largest absolute Gasteiger partial charge is 0.355 e. The van der Waals surface area contributed by atoms with Crippen molar-refractivity contribution in [3.63, 3.8) is 0 Å². The van der Waals surface area contributed by atoms with Crippen LogP contribution in [0.3, 0.4) is 0 Å². The first-order valence-corrected chi connectivity index (χ1v) is 7.34. The molecule has 7 heteroatoms. The van der Waals surface area contributed by atoms with Crippen LogP contribution in [0.15, 0.2) is 4.99 Å². The summed E-state index contributed by atoms with van der Waals surface area (Å²) in [4.78, 5) is 4.20. The minimum Gasteiger partial charge on any atom is -0.355 e. The third-order valence-electron chi connectivity index (χ3n) is 1.74. The molecule has 0 heterocycles. The Hall–Kier alpha value is -0.820. The van der Waals surface area contributed by atoms with E-state index in [4.69, 9.17) is 5.84 Å². The van der Waals surface area contributed by atoms with Gasteiger partial charge in [-0.1, -0.05) is 13.8 Å². The second kappa shape index (κ2) is 7.45. The van der Waals surface area contributed by atoms with Gasteiger partial charge in [0.2, 0.25) is 5.96 Å². The minimum absolute atomic E-state index is 0.169. The highest BCUT2D eigenvalue weighted by atomic mass is 32.2. The molecule has 0 aromatic rings. The fraction of sp³-hybridized carbons (Fsp3) is 0.889. The number of hydrogen-bond acceptors (Lipinski definition) is 4. The van der Waals surface area contributed by atoms with E-state index in [0.717, 1.165) is 0 Å². The van der Waals surface area contributed by atoms with Crippen LogP contribution in [0.2, 0.25) is 0 Å². The molecule has 0 saturated carbocycles. The van der Waals surface area contributed by atoms with E-state index in [0.29, 0.717) is 31.4 Å². The first-order chi connectivity index (χ1) is 7.35. The predicted molar refractivity (Wildman–Crippen MR) is 66.8 cm³/mol. The average Bonchev–Trinajstić information content (AvgIpc) is 2.15. The Labute approximate surface area is 97.6 Å². The van der Waals surface area contributed by atoms with E-state index in [1.807, 2.05) is 0 Å². The zero-order valence-electron chi connectivity index (χ0n) is 10.2. The molecule has 0 atom stereocenters. The van der Waals surface area contributed by atoms with Crippen molar-refractivity contribution in [1.82, 2.24) is 10.7 Å². The summed E-state index contributed by atoms with van der Waals surface area (Å²) in [6.45, 7) is 5.33. The van der Waals surface area contributed by atoms with Crippen molar-refractivity contribution in [2.45, 2.75) is 20.3 Å². The Bertz CT molecular complexity index is 311. The Morgan fingerprint density at radius 1 is 1.44 bits per heavy atom. The predicted octanol–water partition coefficient (Wildman–Crippen LogP) is -0.514. The van der Waals surface area contributed by atoms with Gasteiger partial charge >= 0.3 is 0 Å². The minimum atomic E-state index is -2.89. The lowest BCUT2D eigenvalue weighted by Gasteiger charge is -2.09. The summed E-state index contributed by atoms with van der Waals surface area (Å²) in [5.41, 5.74) is 2.44. The molecule has 0 spiro atoms. The molecular weight excluding hydrogens is 228 g/mol. The molecule has 96 valence electrons. The normalized spacial score (nSPS) is 12.9. The van der Waals surface area contributed by atoms with Crippen LogP contribution in [0.1, 0.15) is 20.3 Å². The van der Waals surface area contributed by atoms with Gasteiger partial charge < -0.3 is 5.32 Å². The van der Waals surface area contributed by atoms with E-state index in [2.05, 4.69) is 29.6 Å². The summed E-state index contributed by atoms with van der Waals surface area (Å²) in [6.07, 6.45) is 1.77. The molecule has 0 rings (SSSR count). The number of sulfone groups is 1. The molecular formula is C9H22N4O2S. The second-order valence-electron chi connectivity index (χ2n) is 4.14. The van der Waals surface area contributed by atoms with Gasteiger partial charge in [0.05, 0.1) is 5.75 Å². The molecule has 0 fully saturated rings. The standard InChI is InChI=1S/C9H22N4O2S/c1-8(2)7-12-9(13-10)11-5-4-6-16(3,14)15/h8H,4-7,10H2,1-3H3,(H2,11,12,13). The molecule has 0 aromatic carbocycles. The second-order valence-corrected chi connectivity index (χ2v) is 6.40. The lowest BCUT2D eigenvalue weighted by Crippen LogP contribution is -2.42. The van der Waals surface area contributed by atoms with Crippen LogP contribution in [0.25, 0.3) is 0 Å². The van der Waals surface area contributed by atoms with Gasteiger partial charge in [0, 0.05) is 19.3 Å². The highest BCUT2D eigenvalue weighted by Gasteiger charge is 2.02. The molecule has 0 aliphatic rings. The van der Waals surface area contributed by atoms with Crippen molar-refractivity contribution in [3.8, 4) is 0 Å². The van der Waals surface area contributed by atoms with Gasteiger partial charge in [-0.25, -0.2) is 14.3 Å². The lowest BCUT2D eigenvalue weighted by atomic mass is 10.2. The summed E-state index contributed by atoms with van der Waals surface area (Å²) in [5, 5.41) is 2.95.